The third-order valence-electron chi connectivity index (χ3n) is 6.11. The van der Waals surface area contributed by atoms with E-state index in [9.17, 15) is 4.79 Å². The molecule has 2 aromatic carbocycles. The van der Waals surface area contributed by atoms with E-state index in [1.165, 1.54) is 11.1 Å². The van der Waals surface area contributed by atoms with Gasteiger partial charge in [0.15, 0.2) is 0 Å². The molecule has 154 valence electrons. The molecule has 0 radical (unpaired) electrons. The third-order valence-corrected chi connectivity index (χ3v) is 6.11. The summed E-state index contributed by atoms with van der Waals surface area (Å²) in [6, 6.07) is 18.7. The summed E-state index contributed by atoms with van der Waals surface area (Å²) < 4.78 is 6.62. The van der Waals surface area contributed by atoms with Crippen molar-refractivity contribution in [2.24, 2.45) is 5.92 Å². The second-order valence-electron chi connectivity index (χ2n) is 8.16. The van der Waals surface area contributed by atoms with Gasteiger partial charge in [0, 0.05) is 18.3 Å². The number of allylic oxidation sites excluding steroid dienone is 2. The van der Waals surface area contributed by atoms with Crippen LogP contribution in [0.4, 0.5) is 0 Å². The first-order chi connectivity index (χ1) is 14.8. The Bertz CT molecular complexity index is 944. The Morgan fingerprint density at radius 3 is 2.73 bits per heavy atom. The van der Waals surface area contributed by atoms with E-state index >= 15 is 0 Å². The number of hydrogen-bond acceptors (Lipinski definition) is 3. The van der Waals surface area contributed by atoms with E-state index in [-0.39, 0.29) is 18.1 Å². The van der Waals surface area contributed by atoms with Crippen LogP contribution in [-0.4, -0.2) is 12.4 Å². The minimum absolute atomic E-state index is 0.0300. The van der Waals surface area contributed by atoms with Gasteiger partial charge in [-0.15, -0.1) is 0 Å². The number of aryl methyl sites for hydroxylation is 1. The van der Waals surface area contributed by atoms with Gasteiger partial charge in [0.05, 0.1) is 6.10 Å². The Hall–Kier alpha value is -2.91. The van der Waals surface area contributed by atoms with E-state index in [1.807, 2.05) is 42.7 Å². The van der Waals surface area contributed by atoms with Gasteiger partial charge in [-0.25, -0.2) is 0 Å². The molecule has 0 aromatic heterocycles. The van der Waals surface area contributed by atoms with Crippen LogP contribution >= 0.6 is 0 Å². The summed E-state index contributed by atoms with van der Waals surface area (Å²) in [4.78, 5) is 12.0. The van der Waals surface area contributed by atoms with Crippen molar-refractivity contribution in [3.05, 3.63) is 107 Å². The van der Waals surface area contributed by atoms with Crippen LogP contribution in [0.5, 0.6) is 0 Å². The highest BCUT2D eigenvalue weighted by molar-refractivity contribution is 5.64. The number of fused-ring (bicyclic) bond motifs is 1. The molecule has 0 spiro atoms. The minimum atomic E-state index is -0.146. The zero-order valence-corrected chi connectivity index (χ0v) is 17.4. The summed E-state index contributed by atoms with van der Waals surface area (Å²) in [7, 11) is 0. The Morgan fingerprint density at radius 2 is 1.90 bits per heavy atom. The van der Waals surface area contributed by atoms with Gasteiger partial charge in [-0.1, -0.05) is 60.7 Å². The molecule has 0 bridgehead atoms. The van der Waals surface area contributed by atoms with Crippen molar-refractivity contribution >= 4 is 6.29 Å². The zero-order valence-electron chi connectivity index (χ0n) is 17.4. The lowest BCUT2D eigenvalue weighted by Gasteiger charge is -2.33. The molecule has 3 heteroatoms. The highest BCUT2D eigenvalue weighted by Crippen LogP contribution is 2.39. The molecule has 2 aliphatic rings. The second kappa shape index (κ2) is 9.73. The molecule has 1 N–H and O–H groups in total. The quantitative estimate of drug-likeness (QED) is 0.614. The SMILES string of the molecule is CC(CC1CCc2ccccc2C1C=O)OC(C1=CC=CNC=C1)c1ccccc1. The van der Waals surface area contributed by atoms with Crippen molar-refractivity contribution < 1.29 is 9.53 Å². The van der Waals surface area contributed by atoms with Crippen molar-refractivity contribution in [1.82, 2.24) is 5.32 Å². The molecule has 1 aliphatic carbocycles. The lowest BCUT2D eigenvalue weighted by molar-refractivity contribution is -0.110. The average molecular weight is 400 g/mol. The first-order valence-electron chi connectivity index (χ1n) is 10.8. The monoisotopic (exact) mass is 399 g/mol. The van der Waals surface area contributed by atoms with Crippen molar-refractivity contribution in [1.29, 1.82) is 0 Å². The number of rotatable bonds is 7. The van der Waals surface area contributed by atoms with E-state index in [2.05, 4.69) is 54.7 Å². The Labute approximate surface area is 179 Å². The van der Waals surface area contributed by atoms with Crippen molar-refractivity contribution in [3.8, 4) is 0 Å². The van der Waals surface area contributed by atoms with Gasteiger partial charge in [-0.3, -0.25) is 0 Å². The summed E-state index contributed by atoms with van der Waals surface area (Å²) in [5.41, 5.74) is 4.75. The second-order valence-corrected chi connectivity index (χ2v) is 8.16. The lowest BCUT2D eigenvalue weighted by atomic mass is 9.73. The summed E-state index contributed by atoms with van der Waals surface area (Å²) in [6.07, 6.45) is 13.9. The van der Waals surface area contributed by atoms with Crippen LogP contribution in [0.3, 0.4) is 0 Å². The first kappa shape index (κ1) is 20.4. The fraction of sp³-hybridized carbons (Fsp3) is 0.296. The van der Waals surface area contributed by atoms with Gasteiger partial charge >= 0.3 is 0 Å². The topological polar surface area (TPSA) is 38.3 Å². The maximum absolute atomic E-state index is 12.0. The van der Waals surface area contributed by atoms with Gasteiger partial charge in [-0.2, -0.15) is 0 Å². The van der Waals surface area contributed by atoms with Gasteiger partial charge < -0.3 is 14.8 Å². The van der Waals surface area contributed by atoms with Gasteiger partial charge in [0.2, 0.25) is 0 Å². The molecule has 0 saturated heterocycles. The molecule has 0 saturated carbocycles. The first-order valence-corrected chi connectivity index (χ1v) is 10.8. The van der Waals surface area contributed by atoms with Crippen molar-refractivity contribution in [2.75, 3.05) is 0 Å². The molecule has 1 heterocycles. The zero-order chi connectivity index (χ0) is 20.8. The normalized spacial score (nSPS) is 22.2. The van der Waals surface area contributed by atoms with Gasteiger partial charge in [-0.05, 0) is 66.5 Å². The van der Waals surface area contributed by atoms with Crippen molar-refractivity contribution in [2.45, 2.75) is 44.3 Å². The number of nitrogens with one attached hydrogen (secondary N) is 1. The third kappa shape index (κ3) is 4.63. The molecule has 3 nitrogen and oxygen atoms in total. The van der Waals surface area contributed by atoms with E-state index in [0.717, 1.165) is 36.7 Å². The van der Waals surface area contributed by atoms with Gasteiger partial charge in [0.25, 0.3) is 0 Å². The van der Waals surface area contributed by atoms with Crippen LogP contribution in [0.2, 0.25) is 0 Å². The molecule has 1 aliphatic heterocycles. The number of hydrogen-bond donors (Lipinski definition) is 1. The van der Waals surface area contributed by atoms with Crippen LogP contribution in [0, 0.1) is 5.92 Å². The fourth-order valence-electron chi connectivity index (χ4n) is 4.65. The molecular formula is C27H29NO2. The summed E-state index contributed by atoms with van der Waals surface area (Å²) >= 11 is 0. The molecule has 2 aromatic rings. The molecule has 4 unspecified atom stereocenters. The molecule has 30 heavy (non-hydrogen) atoms. The molecular weight excluding hydrogens is 370 g/mol. The number of carbonyl (C=O) groups excluding carboxylic acids is 1. The van der Waals surface area contributed by atoms with Crippen LogP contribution in [0.25, 0.3) is 0 Å². The maximum Gasteiger partial charge on any atom is 0.127 e. The van der Waals surface area contributed by atoms with E-state index in [1.54, 1.807) is 0 Å². The van der Waals surface area contributed by atoms with Crippen molar-refractivity contribution in [3.63, 3.8) is 0 Å². The number of ether oxygens (including phenoxy) is 1. The Kier molecular flexibility index (Phi) is 6.60. The highest BCUT2D eigenvalue weighted by atomic mass is 16.5. The largest absolute Gasteiger partial charge is 0.368 e. The van der Waals surface area contributed by atoms with Crippen LogP contribution < -0.4 is 5.32 Å². The van der Waals surface area contributed by atoms with E-state index in [0.29, 0.717) is 5.92 Å². The standard InChI is InChI=1S/C27H29NO2/c1-20(18-24-14-13-21-8-5-6-12-25(21)26(24)19-29)30-27(22-9-3-2-4-10-22)23-11-7-16-28-17-15-23/h2-12,15-17,19-20,24,26-28H,13-14,18H2,1H3. The number of benzene rings is 2. The summed E-state index contributed by atoms with van der Waals surface area (Å²) in [6.45, 7) is 2.13. The molecule has 4 atom stereocenters. The molecule has 0 fully saturated rings. The lowest BCUT2D eigenvalue weighted by Crippen LogP contribution is -2.27. The van der Waals surface area contributed by atoms with Crippen LogP contribution in [-0.2, 0) is 16.0 Å². The fourth-order valence-corrected chi connectivity index (χ4v) is 4.65. The van der Waals surface area contributed by atoms with Crippen LogP contribution in [0.1, 0.15) is 48.5 Å². The van der Waals surface area contributed by atoms with Gasteiger partial charge in [0.1, 0.15) is 12.4 Å². The molecule has 4 rings (SSSR count). The average Bonchev–Trinajstić information content (AvgIpc) is 3.07. The predicted molar refractivity (Wildman–Crippen MR) is 121 cm³/mol. The molecule has 0 amide bonds. The number of carbonyl (C=O) groups is 1. The van der Waals surface area contributed by atoms with E-state index in [4.69, 9.17) is 4.74 Å². The summed E-state index contributed by atoms with van der Waals surface area (Å²) in [5.74, 6) is 0.268. The van der Waals surface area contributed by atoms with Crippen LogP contribution in [0.15, 0.2) is 90.8 Å². The number of aldehydes is 1. The maximum atomic E-state index is 12.0. The Balaban J connectivity index is 1.52. The minimum Gasteiger partial charge on any atom is -0.368 e. The smallest absolute Gasteiger partial charge is 0.127 e. The predicted octanol–water partition coefficient (Wildman–Crippen LogP) is 5.63. The highest BCUT2D eigenvalue weighted by Gasteiger charge is 2.31. The van der Waals surface area contributed by atoms with E-state index < -0.39 is 0 Å². The summed E-state index contributed by atoms with van der Waals surface area (Å²) in [5, 5.41) is 3.12. The Morgan fingerprint density at radius 1 is 1.10 bits per heavy atom.